The summed E-state index contributed by atoms with van der Waals surface area (Å²) in [6.07, 6.45) is 4.50. The highest BCUT2D eigenvalue weighted by Gasteiger charge is 2.14. The van der Waals surface area contributed by atoms with Crippen LogP contribution in [0, 0.1) is 6.92 Å². The summed E-state index contributed by atoms with van der Waals surface area (Å²) < 4.78 is 0. The predicted molar refractivity (Wildman–Crippen MR) is 70.9 cm³/mol. The van der Waals surface area contributed by atoms with Gasteiger partial charge in [-0.25, -0.2) is 0 Å². The lowest BCUT2D eigenvalue weighted by Gasteiger charge is -2.19. The van der Waals surface area contributed by atoms with Gasteiger partial charge in [-0.15, -0.1) is 0 Å². The van der Waals surface area contributed by atoms with Crippen molar-refractivity contribution in [3.63, 3.8) is 0 Å². The van der Waals surface area contributed by atoms with Gasteiger partial charge in [0.15, 0.2) is 0 Å². The second-order valence-corrected chi connectivity index (χ2v) is 4.93. The van der Waals surface area contributed by atoms with E-state index in [-0.39, 0.29) is 0 Å². The lowest BCUT2D eigenvalue weighted by atomic mass is 10.1. The van der Waals surface area contributed by atoms with Crippen LogP contribution in [0.1, 0.15) is 31.0 Å². The Balaban J connectivity index is 1.88. The van der Waals surface area contributed by atoms with E-state index in [1.807, 2.05) is 13.1 Å². The Morgan fingerprint density at radius 2 is 2.29 bits per heavy atom. The monoisotopic (exact) mass is 233 g/mol. The molecule has 1 aromatic rings. The van der Waals surface area contributed by atoms with Crippen LogP contribution in [-0.4, -0.2) is 35.6 Å². The molecular formula is C14H23N3. The molecule has 1 fully saturated rings. The summed E-state index contributed by atoms with van der Waals surface area (Å²) in [7, 11) is 0. The molecule has 1 unspecified atom stereocenters. The van der Waals surface area contributed by atoms with Gasteiger partial charge in [-0.1, -0.05) is 13.0 Å². The van der Waals surface area contributed by atoms with Crippen molar-refractivity contribution < 1.29 is 0 Å². The van der Waals surface area contributed by atoms with Gasteiger partial charge in [-0.05, 0) is 31.4 Å². The summed E-state index contributed by atoms with van der Waals surface area (Å²) in [5.74, 6) is 0. The second-order valence-electron chi connectivity index (χ2n) is 4.93. The van der Waals surface area contributed by atoms with Gasteiger partial charge in [0.1, 0.15) is 0 Å². The van der Waals surface area contributed by atoms with Crippen LogP contribution in [0.5, 0.6) is 0 Å². The van der Waals surface area contributed by atoms with E-state index < -0.39 is 0 Å². The second kappa shape index (κ2) is 6.12. The maximum absolute atomic E-state index is 4.36. The van der Waals surface area contributed by atoms with E-state index in [2.05, 4.69) is 34.3 Å². The zero-order valence-corrected chi connectivity index (χ0v) is 10.9. The summed E-state index contributed by atoms with van der Waals surface area (Å²) in [4.78, 5) is 6.88. The molecule has 1 aliphatic rings. The van der Waals surface area contributed by atoms with Crippen molar-refractivity contribution in [1.29, 1.82) is 0 Å². The third-order valence-corrected chi connectivity index (χ3v) is 3.53. The van der Waals surface area contributed by atoms with Crippen LogP contribution >= 0.6 is 0 Å². The van der Waals surface area contributed by atoms with Crippen molar-refractivity contribution in [3.05, 3.63) is 29.6 Å². The Bertz CT molecular complexity index is 334. The van der Waals surface area contributed by atoms with E-state index in [0.29, 0.717) is 6.04 Å². The molecular weight excluding hydrogens is 210 g/mol. The first-order valence-electron chi connectivity index (χ1n) is 6.65. The Kier molecular flexibility index (Phi) is 4.51. The van der Waals surface area contributed by atoms with Crippen LogP contribution in [0.25, 0.3) is 0 Å². The van der Waals surface area contributed by atoms with E-state index in [1.165, 1.54) is 24.9 Å². The third kappa shape index (κ3) is 3.79. The van der Waals surface area contributed by atoms with Crippen molar-refractivity contribution in [2.24, 2.45) is 0 Å². The largest absolute Gasteiger partial charge is 0.313 e. The molecule has 3 heteroatoms. The van der Waals surface area contributed by atoms with Gasteiger partial charge in [-0.2, -0.15) is 0 Å². The van der Waals surface area contributed by atoms with Crippen molar-refractivity contribution in [2.75, 3.05) is 19.6 Å². The van der Waals surface area contributed by atoms with Crippen LogP contribution in [0.15, 0.2) is 18.3 Å². The molecule has 17 heavy (non-hydrogen) atoms. The van der Waals surface area contributed by atoms with Gasteiger partial charge in [0.05, 0.1) is 0 Å². The lowest BCUT2D eigenvalue weighted by Crippen LogP contribution is -2.29. The SMILES string of the molecule is CCC1CCN(Cc2ccc(C)nc2)CCN1. The zero-order valence-electron chi connectivity index (χ0n) is 10.9. The molecule has 1 N–H and O–H groups in total. The molecule has 1 atom stereocenters. The molecule has 2 rings (SSSR count). The molecule has 0 aliphatic carbocycles. The molecule has 0 radical (unpaired) electrons. The Hall–Kier alpha value is -0.930. The number of nitrogens with zero attached hydrogens (tertiary/aromatic N) is 2. The smallest absolute Gasteiger partial charge is 0.0372 e. The standard InChI is InChI=1S/C14H23N3/c1-3-14-6-8-17(9-7-15-14)11-13-5-4-12(2)16-10-13/h4-5,10,14-15H,3,6-9,11H2,1-2H3. The summed E-state index contributed by atoms with van der Waals surface area (Å²) in [6, 6.07) is 4.99. The number of rotatable bonds is 3. The number of aryl methyl sites for hydroxylation is 1. The molecule has 0 spiro atoms. The summed E-state index contributed by atoms with van der Waals surface area (Å²) in [5, 5.41) is 3.60. The number of hydrogen-bond donors (Lipinski definition) is 1. The molecule has 0 saturated carbocycles. The van der Waals surface area contributed by atoms with Crippen LogP contribution < -0.4 is 5.32 Å². The van der Waals surface area contributed by atoms with E-state index in [4.69, 9.17) is 0 Å². The molecule has 94 valence electrons. The highest BCUT2D eigenvalue weighted by atomic mass is 15.2. The van der Waals surface area contributed by atoms with E-state index in [1.54, 1.807) is 0 Å². The fourth-order valence-corrected chi connectivity index (χ4v) is 2.34. The lowest BCUT2D eigenvalue weighted by molar-refractivity contribution is 0.281. The third-order valence-electron chi connectivity index (χ3n) is 3.53. The van der Waals surface area contributed by atoms with Crippen molar-refractivity contribution in [2.45, 2.75) is 39.3 Å². The molecule has 3 nitrogen and oxygen atoms in total. The van der Waals surface area contributed by atoms with Gasteiger partial charge in [0.2, 0.25) is 0 Å². The number of aromatic nitrogens is 1. The van der Waals surface area contributed by atoms with Gasteiger partial charge < -0.3 is 5.32 Å². The highest BCUT2D eigenvalue weighted by molar-refractivity contribution is 5.13. The van der Waals surface area contributed by atoms with Crippen molar-refractivity contribution in [1.82, 2.24) is 15.2 Å². The minimum atomic E-state index is 0.705. The zero-order chi connectivity index (χ0) is 12.1. The Morgan fingerprint density at radius 1 is 1.41 bits per heavy atom. The average molecular weight is 233 g/mol. The highest BCUT2D eigenvalue weighted by Crippen LogP contribution is 2.09. The van der Waals surface area contributed by atoms with Crippen LogP contribution in [0.2, 0.25) is 0 Å². The Morgan fingerprint density at radius 3 is 3.00 bits per heavy atom. The Labute approximate surface area is 104 Å². The molecule has 0 amide bonds. The predicted octanol–water partition coefficient (Wildman–Crippen LogP) is 1.96. The first-order valence-corrected chi connectivity index (χ1v) is 6.65. The topological polar surface area (TPSA) is 28.2 Å². The fraction of sp³-hybridized carbons (Fsp3) is 0.643. The molecule has 0 aromatic carbocycles. The normalized spacial score (nSPS) is 22.4. The fourth-order valence-electron chi connectivity index (χ4n) is 2.34. The first kappa shape index (κ1) is 12.5. The van der Waals surface area contributed by atoms with Crippen molar-refractivity contribution in [3.8, 4) is 0 Å². The maximum atomic E-state index is 4.36. The maximum Gasteiger partial charge on any atom is 0.0372 e. The first-order chi connectivity index (χ1) is 8.28. The van der Waals surface area contributed by atoms with Gasteiger partial charge in [-0.3, -0.25) is 9.88 Å². The minimum Gasteiger partial charge on any atom is -0.313 e. The van der Waals surface area contributed by atoms with Crippen LogP contribution in [0.3, 0.4) is 0 Å². The number of pyridine rings is 1. The number of hydrogen-bond acceptors (Lipinski definition) is 3. The average Bonchev–Trinajstić information content (AvgIpc) is 2.57. The van der Waals surface area contributed by atoms with E-state index in [9.17, 15) is 0 Å². The van der Waals surface area contributed by atoms with Gasteiger partial charge >= 0.3 is 0 Å². The molecule has 1 aliphatic heterocycles. The van der Waals surface area contributed by atoms with Crippen molar-refractivity contribution >= 4 is 0 Å². The van der Waals surface area contributed by atoms with E-state index in [0.717, 1.165) is 25.3 Å². The molecule has 1 saturated heterocycles. The van der Waals surface area contributed by atoms with Crippen LogP contribution in [-0.2, 0) is 6.54 Å². The van der Waals surface area contributed by atoms with Crippen LogP contribution in [0.4, 0.5) is 0 Å². The molecule has 0 bridgehead atoms. The summed E-state index contributed by atoms with van der Waals surface area (Å²) in [5.41, 5.74) is 2.42. The molecule has 1 aromatic heterocycles. The van der Waals surface area contributed by atoms with Gasteiger partial charge in [0.25, 0.3) is 0 Å². The minimum absolute atomic E-state index is 0.705. The summed E-state index contributed by atoms with van der Waals surface area (Å²) >= 11 is 0. The quantitative estimate of drug-likeness (QED) is 0.865. The number of nitrogens with one attached hydrogen (secondary N) is 1. The summed E-state index contributed by atoms with van der Waals surface area (Å²) in [6.45, 7) is 8.77. The van der Waals surface area contributed by atoms with Gasteiger partial charge in [0, 0.05) is 44.1 Å². The van der Waals surface area contributed by atoms with E-state index >= 15 is 0 Å². The molecule has 2 heterocycles.